The molecule has 0 amide bonds. The molecule has 0 aliphatic heterocycles. The molecular formula is C16H19N3O6S. The predicted octanol–water partition coefficient (Wildman–Crippen LogP) is 1.42. The molecule has 0 fully saturated rings. The number of sulfonamides is 1. The van der Waals surface area contributed by atoms with Gasteiger partial charge in [-0.25, -0.2) is 13.2 Å². The summed E-state index contributed by atoms with van der Waals surface area (Å²) in [6, 6.07) is 4.41. The van der Waals surface area contributed by atoms with Gasteiger partial charge in [0.05, 0.1) is 21.3 Å². The minimum Gasteiger partial charge on any atom is -0.493 e. The van der Waals surface area contributed by atoms with Gasteiger partial charge in [-0.1, -0.05) is 0 Å². The van der Waals surface area contributed by atoms with Gasteiger partial charge in [0.15, 0.2) is 17.3 Å². The Hall–Kier alpha value is -3.01. The zero-order valence-electron chi connectivity index (χ0n) is 14.7. The molecule has 1 heterocycles. The molecule has 26 heavy (non-hydrogen) atoms. The number of carbonyl (C=O) groups excluding carboxylic acids is 1. The number of benzene rings is 1. The fraction of sp³-hybridized carbons (Fsp3) is 0.250. The van der Waals surface area contributed by atoms with Gasteiger partial charge in [-0.15, -0.1) is 0 Å². The van der Waals surface area contributed by atoms with Crippen molar-refractivity contribution in [1.29, 1.82) is 0 Å². The van der Waals surface area contributed by atoms with Crippen molar-refractivity contribution in [3.63, 3.8) is 0 Å². The van der Waals surface area contributed by atoms with E-state index in [2.05, 4.69) is 14.6 Å². The van der Waals surface area contributed by atoms with Gasteiger partial charge in [0.1, 0.15) is 4.90 Å². The maximum absolute atomic E-state index is 12.8. The number of esters is 1. The number of rotatable bonds is 7. The van der Waals surface area contributed by atoms with Crippen LogP contribution in [0.2, 0.25) is 0 Å². The monoisotopic (exact) mass is 381 g/mol. The number of hydrogen-bond donors (Lipinski definition) is 1. The second-order valence-electron chi connectivity index (χ2n) is 5.09. The predicted molar refractivity (Wildman–Crippen MR) is 94.6 cm³/mol. The number of aromatic nitrogens is 2. The minimum atomic E-state index is -4.02. The fourth-order valence-electron chi connectivity index (χ4n) is 2.14. The van der Waals surface area contributed by atoms with E-state index in [1.165, 1.54) is 56.4 Å². The number of nitrogens with one attached hydrogen (secondary N) is 1. The number of anilines is 1. The molecule has 0 radical (unpaired) electrons. The molecular weight excluding hydrogens is 362 g/mol. The van der Waals surface area contributed by atoms with Gasteiger partial charge in [0, 0.05) is 25.4 Å². The molecule has 0 aliphatic rings. The molecule has 0 bridgehead atoms. The molecule has 0 atom stereocenters. The average molecular weight is 381 g/mol. The van der Waals surface area contributed by atoms with Crippen LogP contribution in [-0.4, -0.2) is 45.5 Å². The highest BCUT2D eigenvalue weighted by Gasteiger charge is 2.24. The van der Waals surface area contributed by atoms with Gasteiger partial charge in [0.25, 0.3) is 10.0 Å². The summed E-state index contributed by atoms with van der Waals surface area (Å²) >= 11 is 0. The van der Waals surface area contributed by atoms with E-state index in [1.54, 1.807) is 13.2 Å². The van der Waals surface area contributed by atoms with Crippen molar-refractivity contribution in [3.05, 3.63) is 36.0 Å². The van der Waals surface area contributed by atoms with Crippen LogP contribution < -0.4 is 14.2 Å². The third-order valence-corrected chi connectivity index (χ3v) is 4.68. The van der Waals surface area contributed by atoms with Gasteiger partial charge in [-0.3, -0.25) is 9.40 Å². The third kappa shape index (κ3) is 4.33. The van der Waals surface area contributed by atoms with Gasteiger partial charge in [0.2, 0.25) is 0 Å². The van der Waals surface area contributed by atoms with Crippen LogP contribution in [0, 0.1) is 0 Å². The molecule has 0 unspecified atom stereocenters. The van der Waals surface area contributed by atoms with Crippen molar-refractivity contribution in [2.45, 2.75) is 4.90 Å². The lowest BCUT2D eigenvalue weighted by molar-refractivity contribution is -0.134. The summed E-state index contributed by atoms with van der Waals surface area (Å²) in [4.78, 5) is 11.1. The normalized spacial score (nSPS) is 11.4. The Morgan fingerprint density at radius 2 is 1.96 bits per heavy atom. The van der Waals surface area contributed by atoms with Crippen molar-refractivity contribution in [3.8, 4) is 11.5 Å². The quantitative estimate of drug-likeness (QED) is 0.571. The first-order valence-corrected chi connectivity index (χ1v) is 8.83. The van der Waals surface area contributed by atoms with Gasteiger partial charge in [-0.05, 0) is 23.8 Å². The molecule has 140 valence electrons. The van der Waals surface area contributed by atoms with Crippen LogP contribution in [0.25, 0.3) is 6.08 Å². The molecule has 1 N–H and O–H groups in total. The van der Waals surface area contributed by atoms with Gasteiger partial charge >= 0.3 is 5.97 Å². The first kappa shape index (κ1) is 19.3. The van der Waals surface area contributed by atoms with Crippen LogP contribution in [0.5, 0.6) is 11.5 Å². The minimum absolute atomic E-state index is 0.0335. The molecule has 0 spiro atoms. The molecule has 2 aromatic rings. The summed E-state index contributed by atoms with van der Waals surface area (Å²) in [5.74, 6) is -0.188. The number of aryl methyl sites for hydroxylation is 1. The van der Waals surface area contributed by atoms with Crippen molar-refractivity contribution >= 4 is 27.9 Å². The van der Waals surface area contributed by atoms with Crippen LogP contribution in [0.1, 0.15) is 5.56 Å². The highest BCUT2D eigenvalue weighted by Crippen LogP contribution is 2.36. The second kappa shape index (κ2) is 7.91. The van der Waals surface area contributed by atoms with E-state index in [9.17, 15) is 13.2 Å². The average Bonchev–Trinajstić information content (AvgIpc) is 3.02. The lowest BCUT2D eigenvalue weighted by atomic mass is 10.2. The zero-order chi connectivity index (χ0) is 19.3. The maximum Gasteiger partial charge on any atom is 0.330 e. The summed E-state index contributed by atoms with van der Waals surface area (Å²) in [5.41, 5.74) is 0.412. The number of ether oxygens (including phenoxy) is 3. The van der Waals surface area contributed by atoms with Crippen molar-refractivity contribution in [2.24, 2.45) is 7.05 Å². The molecule has 10 heteroatoms. The molecule has 0 aliphatic carbocycles. The van der Waals surface area contributed by atoms with Crippen molar-refractivity contribution < 1.29 is 27.4 Å². The SMILES string of the molecule is COC(=O)/C=C/c1cc(OC)c(OC)c(S(=O)(=O)Nc2ccn(C)n2)c1. The fourth-order valence-corrected chi connectivity index (χ4v) is 3.35. The highest BCUT2D eigenvalue weighted by atomic mass is 32.2. The third-order valence-electron chi connectivity index (χ3n) is 3.32. The Balaban J connectivity index is 2.53. The molecule has 1 aromatic carbocycles. The summed E-state index contributed by atoms with van der Waals surface area (Å²) in [5, 5.41) is 3.99. The van der Waals surface area contributed by atoms with Crippen LogP contribution in [0.4, 0.5) is 5.82 Å². The number of methoxy groups -OCH3 is 3. The van der Waals surface area contributed by atoms with Crippen LogP contribution in [0.15, 0.2) is 35.4 Å². The van der Waals surface area contributed by atoms with Crippen LogP contribution in [-0.2, 0) is 26.6 Å². The number of carbonyl (C=O) groups is 1. The van der Waals surface area contributed by atoms with Crippen LogP contribution in [0.3, 0.4) is 0 Å². The first-order valence-electron chi connectivity index (χ1n) is 7.35. The van der Waals surface area contributed by atoms with E-state index in [0.29, 0.717) is 5.56 Å². The number of nitrogens with zero attached hydrogens (tertiary/aromatic N) is 2. The molecule has 1 aromatic heterocycles. The summed E-state index contributed by atoms with van der Waals surface area (Å²) < 4.78 is 44.4. The van der Waals surface area contributed by atoms with E-state index in [1.807, 2.05) is 0 Å². The van der Waals surface area contributed by atoms with E-state index >= 15 is 0 Å². The Bertz CT molecular complexity index is 933. The first-order chi connectivity index (χ1) is 12.3. The van der Waals surface area contributed by atoms with E-state index in [4.69, 9.17) is 9.47 Å². The summed E-state index contributed by atoms with van der Waals surface area (Å²) in [6.45, 7) is 0. The topological polar surface area (TPSA) is 109 Å². The Morgan fingerprint density at radius 1 is 1.23 bits per heavy atom. The largest absolute Gasteiger partial charge is 0.493 e. The summed E-state index contributed by atoms with van der Waals surface area (Å²) in [6.07, 6.45) is 4.18. The lowest BCUT2D eigenvalue weighted by Gasteiger charge is -2.14. The Morgan fingerprint density at radius 3 is 2.50 bits per heavy atom. The maximum atomic E-state index is 12.8. The van der Waals surface area contributed by atoms with Crippen molar-refractivity contribution in [2.75, 3.05) is 26.1 Å². The molecule has 2 rings (SSSR count). The molecule has 0 saturated carbocycles. The van der Waals surface area contributed by atoms with Gasteiger partial charge < -0.3 is 14.2 Å². The zero-order valence-corrected chi connectivity index (χ0v) is 15.5. The van der Waals surface area contributed by atoms with E-state index in [0.717, 1.165) is 0 Å². The lowest BCUT2D eigenvalue weighted by Crippen LogP contribution is -2.15. The Labute approximate surface area is 151 Å². The van der Waals surface area contributed by atoms with Crippen molar-refractivity contribution in [1.82, 2.24) is 9.78 Å². The summed E-state index contributed by atoms with van der Waals surface area (Å²) in [7, 11) is 1.61. The van der Waals surface area contributed by atoms with E-state index < -0.39 is 16.0 Å². The van der Waals surface area contributed by atoms with E-state index in [-0.39, 0.29) is 22.2 Å². The smallest absolute Gasteiger partial charge is 0.330 e. The highest BCUT2D eigenvalue weighted by molar-refractivity contribution is 7.92. The van der Waals surface area contributed by atoms with Gasteiger partial charge in [-0.2, -0.15) is 5.10 Å². The van der Waals surface area contributed by atoms with Crippen LogP contribution >= 0.6 is 0 Å². The second-order valence-corrected chi connectivity index (χ2v) is 6.74. The number of hydrogen-bond acceptors (Lipinski definition) is 7. The Kier molecular flexibility index (Phi) is 5.88. The molecule has 9 nitrogen and oxygen atoms in total. The molecule has 0 saturated heterocycles. The standard InChI is InChI=1S/C16H19N3O6S/c1-19-8-7-14(17-19)18-26(21,22)13-10-11(5-6-15(20)24-3)9-12(23-2)16(13)25-4/h5-10H,1-4H3,(H,17,18)/b6-5+.